The number of pyridine rings is 1. The van der Waals surface area contributed by atoms with Crippen LogP contribution in [0.2, 0.25) is 5.02 Å². The van der Waals surface area contributed by atoms with Gasteiger partial charge < -0.3 is 15.6 Å². The number of thiazole rings is 1. The van der Waals surface area contributed by atoms with Crippen LogP contribution in [0.15, 0.2) is 48.9 Å². The van der Waals surface area contributed by atoms with Gasteiger partial charge in [0.15, 0.2) is 5.01 Å². The minimum Gasteiger partial charge on any atom is -0.351 e. The fraction of sp³-hybridized carbons (Fsp3) is 0.308. The number of carbonyl (C=O) groups excluding carboxylic acids is 2. The average molecular weight is 508 g/mol. The predicted octanol–water partition coefficient (Wildman–Crippen LogP) is 5.37. The number of aromatic nitrogens is 3. The summed E-state index contributed by atoms with van der Waals surface area (Å²) in [5, 5.41) is 8.20. The minimum absolute atomic E-state index is 0.00197. The summed E-state index contributed by atoms with van der Waals surface area (Å²) in [6.07, 6.45) is 9.26. The maximum absolute atomic E-state index is 13.0. The van der Waals surface area contributed by atoms with Crippen molar-refractivity contribution in [2.45, 2.75) is 38.6 Å². The monoisotopic (exact) mass is 507 g/mol. The number of aryl methyl sites for hydroxylation is 1. The molecule has 4 aromatic rings. The number of nitrogens with zero attached hydrogens (tertiary/aromatic N) is 2. The summed E-state index contributed by atoms with van der Waals surface area (Å²) >= 11 is 7.44. The summed E-state index contributed by atoms with van der Waals surface area (Å²) in [7, 11) is 0. The normalized spacial score (nSPS) is 17.9. The Morgan fingerprint density at radius 1 is 1.14 bits per heavy atom. The molecule has 2 amide bonds. The fourth-order valence-corrected chi connectivity index (χ4v) is 5.77. The van der Waals surface area contributed by atoms with E-state index in [9.17, 15) is 9.59 Å². The Bertz CT molecular complexity index is 1380. The number of halogens is 1. The zero-order chi connectivity index (χ0) is 24.4. The van der Waals surface area contributed by atoms with Crippen molar-refractivity contribution in [3.8, 4) is 10.4 Å². The molecule has 0 radical (unpaired) electrons. The van der Waals surface area contributed by atoms with Crippen LogP contribution in [0.5, 0.6) is 0 Å². The van der Waals surface area contributed by atoms with Gasteiger partial charge in [-0.2, -0.15) is 0 Å². The van der Waals surface area contributed by atoms with Crippen molar-refractivity contribution in [1.29, 1.82) is 0 Å². The number of carbonyl (C=O) groups is 2. The molecule has 1 saturated carbocycles. The van der Waals surface area contributed by atoms with E-state index in [0.29, 0.717) is 22.3 Å². The first-order valence-corrected chi connectivity index (χ1v) is 12.9. The van der Waals surface area contributed by atoms with Gasteiger partial charge in [-0.15, -0.1) is 11.3 Å². The molecule has 3 heterocycles. The molecule has 5 rings (SSSR count). The van der Waals surface area contributed by atoms with Crippen LogP contribution in [-0.2, 0) is 0 Å². The molecule has 7 nitrogen and oxygen atoms in total. The molecule has 1 aromatic carbocycles. The van der Waals surface area contributed by atoms with Crippen molar-refractivity contribution < 1.29 is 9.59 Å². The van der Waals surface area contributed by atoms with Gasteiger partial charge in [-0.3, -0.25) is 14.6 Å². The maximum Gasteiger partial charge on any atom is 0.280 e. The van der Waals surface area contributed by atoms with Crippen molar-refractivity contribution in [2.24, 2.45) is 5.92 Å². The summed E-state index contributed by atoms with van der Waals surface area (Å²) in [6.45, 7) is 2.49. The van der Waals surface area contributed by atoms with Crippen molar-refractivity contribution in [3.05, 3.63) is 70.2 Å². The van der Waals surface area contributed by atoms with Crippen molar-refractivity contribution in [1.82, 2.24) is 25.6 Å². The van der Waals surface area contributed by atoms with Crippen molar-refractivity contribution in [2.75, 3.05) is 6.54 Å². The number of rotatable bonds is 6. The quantitative estimate of drug-likeness (QED) is 0.327. The van der Waals surface area contributed by atoms with E-state index in [1.165, 1.54) is 11.3 Å². The van der Waals surface area contributed by atoms with Gasteiger partial charge in [0.1, 0.15) is 5.69 Å². The summed E-state index contributed by atoms with van der Waals surface area (Å²) in [6, 6.07) is 9.25. The van der Waals surface area contributed by atoms with Gasteiger partial charge in [0.2, 0.25) is 0 Å². The highest BCUT2D eigenvalue weighted by Gasteiger charge is 2.28. The van der Waals surface area contributed by atoms with Crippen LogP contribution in [0.4, 0.5) is 0 Å². The molecular formula is C26H26ClN5O2S. The number of hydrogen-bond donors (Lipinski definition) is 3. The highest BCUT2D eigenvalue weighted by atomic mass is 35.5. The third-order valence-electron chi connectivity index (χ3n) is 6.56. The van der Waals surface area contributed by atoms with Crippen LogP contribution in [0.25, 0.3) is 21.3 Å². The van der Waals surface area contributed by atoms with Crippen LogP contribution in [0.1, 0.15) is 51.5 Å². The maximum atomic E-state index is 13.0. The van der Waals surface area contributed by atoms with E-state index >= 15 is 0 Å². The van der Waals surface area contributed by atoms with Crippen LogP contribution in [-0.4, -0.2) is 39.4 Å². The average Bonchev–Trinajstić information content (AvgIpc) is 3.51. The van der Waals surface area contributed by atoms with Gasteiger partial charge in [0.25, 0.3) is 11.8 Å². The first-order chi connectivity index (χ1) is 17.0. The first-order valence-electron chi connectivity index (χ1n) is 11.7. The Morgan fingerprint density at radius 3 is 2.86 bits per heavy atom. The number of amides is 2. The van der Waals surface area contributed by atoms with Gasteiger partial charge in [-0.1, -0.05) is 24.4 Å². The number of fused-ring (bicyclic) bond motifs is 1. The molecule has 35 heavy (non-hydrogen) atoms. The number of benzene rings is 1. The van der Waals surface area contributed by atoms with Crippen molar-refractivity contribution in [3.63, 3.8) is 0 Å². The SMILES string of the molecule is Cc1cnccc1-c1cnc(C(=O)NC[C@H]2CCCC[C@@H]2NC(=O)c2cc3cc(Cl)ccc3[nH]2)s1. The number of nitrogens with one attached hydrogen (secondary N) is 3. The number of aromatic amines is 1. The smallest absolute Gasteiger partial charge is 0.280 e. The fourth-order valence-electron chi connectivity index (χ4n) is 4.67. The molecule has 2 atom stereocenters. The Hall–Kier alpha value is -3.23. The molecule has 0 bridgehead atoms. The standard InChI is InChI=1S/C26H26ClN5O2S/c1-15-12-28-9-8-19(15)23-14-30-26(35-23)25(34)29-13-16-4-2-3-5-20(16)32-24(33)22-11-17-10-18(27)6-7-21(17)31-22/h6-12,14,16,20,31H,2-5,13H2,1H3,(H,29,34)(H,32,33)/t16-,20+/m1/s1. The zero-order valence-electron chi connectivity index (χ0n) is 19.3. The second kappa shape index (κ2) is 10.2. The van der Waals surface area contributed by atoms with Crippen LogP contribution >= 0.6 is 22.9 Å². The molecule has 0 spiro atoms. The Kier molecular flexibility index (Phi) is 6.83. The Balaban J connectivity index is 1.22. The molecule has 0 unspecified atom stereocenters. The minimum atomic E-state index is -0.184. The van der Waals surface area contributed by atoms with Crippen LogP contribution in [0.3, 0.4) is 0 Å². The summed E-state index contributed by atoms with van der Waals surface area (Å²) in [5.74, 6) is -0.161. The Morgan fingerprint density at radius 2 is 2.00 bits per heavy atom. The van der Waals surface area contributed by atoms with E-state index in [2.05, 4.69) is 25.6 Å². The second-order valence-corrected chi connectivity index (χ2v) is 10.4. The molecule has 1 aliphatic rings. The van der Waals surface area contributed by atoms with E-state index in [1.807, 2.05) is 31.2 Å². The molecule has 1 aliphatic carbocycles. The molecule has 0 aliphatic heterocycles. The molecule has 0 saturated heterocycles. The van der Waals surface area contributed by atoms with Gasteiger partial charge in [-0.25, -0.2) is 4.98 Å². The van der Waals surface area contributed by atoms with E-state index in [1.54, 1.807) is 24.7 Å². The summed E-state index contributed by atoms with van der Waals surface area (Å²) in [4.78, 5) is 38.3. The number of H-pyrrole nitrogens is 1. The largest absolute Gasteiger partial charge is 0.351 e. The third kappa shape index (κ3) is 5.23. The lowest BCUT2D eigenvalue weighted by Gasteiger charge is -2.32. The molecule has 3 aromatic heterocycles. The highest BCUT2D eigenvalue weighted by molar-refractivity contribution is 7.17. The van der Waals surface area contributed by atoms with Gasteiger partial charge in [0.05, 0.1) is 4.88 Å². The van der Waals surface area contributed by atoms with Crippen LogP contribution < -0.4 is 10.6 Å². The van der Waals surface area contributed by atoms with Gasteiger partial charge >= 0.3 is 0 Å². The summed E-state index contributed by atoms with van der Waals surface area (Å²) in [5.41, 5.74) is 3.46. The lowest BCUT2D eigenvalue weighted by Crippen LogP contribution is -2.46. The molecular weight excluding hydrogens is 482 g/mol. The first kappa shape index (κ1) is 23.5. The van der Waals surface area contributed by atoms with Gasteiger partial charge in [0, 0.05) is 47.1 Å². The predicted molar refractivity (Wildman–Crippen MR) is 139 cm³/mol. The molecule has 9 heteroatoms. The van der Waals surface area contributed by atoms with Crippen molar-refractivity contribution >= 4 is 45.7 Å². The van der Waals surface area contributed by atoms with Gasteiger partial charge in [-0.05, 0) is 67.1 Å². The second-order valence-electron chi connectivity index (χ2n) is 8.97. The lowest BCUT2D eigenvalue weighted by atomic mass is 9.84. The number of hydrogen-bond acceptors (Lipinski definition) is 5. The Labute approximate surface area is 212 Å². The van der Waals surface area contributed by atoms with E-state index in [0.717, 1.165) is 52.6 Å². The molecule has 180 valence electrons. The van der Waals surface area contributed by atoms with E-state index in [4.69, 9.17) is 11.6 Å². The van der Waals surface area contributed by atoms with Crippen LogP contribution in [0, 0.1) is 12.8 Å². The molecule has 3 N–H and O–H groups in total. The lowest BCUT2D eigenvalue weighted by molar-refractivity contribution is 0.0891. The molecule has 1 fully saturated rings. The third-order valence-corrected chi connectivity index (χ3v) is 7.83. The van der Waals surface area contributed by atoms with E-state index < -0.39 is 0 Å². The van der Waals surface area contributed by atoms with E-state index in [-0.39, 0.29) is 23.8 Å². The highest BCUT2D eigenvalue weighted by Crippen LogP contribution is 2.29. The topological polar surface area (TPSA) is 99.8 Å². The summed E-state index contributed by atoms with van der Waals surface area (Å²) < 4.78 is 0. The zero-order valence-corrected chi connectivity index (χ0v) is 20.9.